The van der Waals surface area contributed by atoms with Crippen molar-refractivity contribution in [3.8, 4) is 0 Å². The summed E-state index contributed by atoms with van der Waals surface area (Å²) in [7, 11) is 1.90. The van der Waals surface area contributed by atoms with Gasteiger partial charge in [0.1, 0.15) is 5.82 Å². The van der Waals surface area contributed by atoms with Gasteiger partial charge in [0.05, 0.1) is 22.8 Å². The van der Waals surface area contributed by atoms with Gasteiger partial charge in [0.15, 0.2) is 0 Å². The normalized spacial score (nSPS) is 17.5. The van der Waals surface area contributed by atoms with E-state index in [2.05, 4.69) is 5.32 Å². The summed E-state index contributed by atoms with van der Waals surface area (Å²) in [4.78, 5) is 17.3. The third-order valence-corrected chi connectivity index (χ3v) is 6.62. The molecule has 2 aromatic carbocycles. The van der Waals surface area contributed by atoms with Gasteiger partial charge in [-0.15, -0.1) is 0 Å². The second-order valence-electron chi connectivity index (χ2n) is 8.44. The molecule has 0 aliphatic carbocycles. The average Bonchev–Trinajstić information content (AvgIpc) is 2.77. The van der Waals surface area contributed by atoms with Crippen LogP contribution in [0.1, 0.15) is 29.9 Å². The first kappa shape index (κ1) is 22.7. The van der Waals surface area contributed by atoms with Crippen molar-refractivity contribution >= 4 is 34.8 Å². The zero-order chi connectivity index (χ0) is 22.8. The molecule has 2 aliphatic rings. The van der Waals surface area contributed by atoms with Crippen LogP contribution in [0.25, 0.3) is 0 Å². The Balaban J connectivity index is 1.50. The number of piperidine rings is 1. The molecule has 0 spiro atoms. The highest BCUT2D eigenvalue weighted by atomic mass is 35.5. The van der Waals surface area contributed by atoms with Gasteiger partial charge in [-0.25, -0.2) is 4.39 Å². The maximum absolute atomic E-state index is 13.5. The Morgan fingerprint density at radius 3 is 2.44 bits per heavy atom. The molecule has 0 unspecified atom stereocenters. The maximum atomic E-state index is 13.5. The predicted molar refractivity (Wildman–Crippen MR) is 128 cm³/mol. The van der Waals surface area contributed by atoms with Crippen LogP contribution in [0, 0.1) is 12.7 Å². The molecule has 4 rings (SSSR count). The molecule has 168 valence electrons. The first-order chi connectivity index (χ1) is 15.3. The number of nitrogens with zero attached hydrogens (tertiary/aromatic N) is 2. The van der Waals surface area contributed by atoms with Crippen molar-refractivity contribution in [1.82, 2.24) is 9.80 Å². The van der Waals surface area contributed by atoms with E-state index in [9.17, 15) is 9.18 Å². The van der Waals surface area contributed by atoms with Crippen LogP contribution in [0.2, 0.25) is 5.02 Å². The number of likely N-dealkylation sites (tertiary alicyclic amines) is 1. The average molecular weight is 474 g/mol. The van der Waals surface area contributed by atoms with Crippen LogP contribution in [0.3, 0.4) is 0 Å². The minimum absolute atomic E-state index is 0.0404. The quantitative estimate of drug-likeness (QED) is 0.601. The third kappa shape index (κ3) is 4.94. The van der Waals surface area contributed by atoms with Crippen molar-refractivity contribution in [3.05, 3.63) is 86.9 Å². The third-order valence-electron chi connectivity index (χ3n) is 6.08. The van der Waals surface area contributed by atoms with Crippen molar-refractivity contribution in [2.24, 2.45) is 0 Å². The molecule has 1 fully saturated rings. The van der Waals surface area contributed by atoms with Gasteiger partial charge in [0, 0.05) is 37.0 Å². The molecular weight excluding hydrogens is 448 g/mol. The topological polar surface area (TPSA) is 35.6 Å². The summed E-state index contributed by atoms with van der Waals surface area (Å²) in [6, 6.07) is 12.3. The summed E-state index contributed by atoms with van der Waals surface area (Å²) >= 11 is 12.7. The number of carbonyl (C=O) groups excluding carboxylic acids is 1. The molecule has 2 aromatic rings. The number of amides is 1. The number of nitrogens with one attached hydrogen (secondary N) is 1. The highest BCUT2D eigenvalue weighted by Gasteiger charge is 2.30. The largest absolute Gasteiger partial charge is 0.374 e. The molecule has 0 atom stereocenters. The van der Waals surface area contributed by atoms with Gasteiger partial charge >= 0.3 is 0 Å². The molecule has 32 heavy (non-hydrogen) atoms. The molecule has 1 saturated heterocycles. The number of aryl methyl sites for hydroxylation is 1. The van der Waals surface area contributed by atoms with E-state index in [1.165, 1.54) is 12.1 Å². The first-order valence-corrected chi connectivity index (χ1v) is 11.5. The van der Waals surface area contributed by atoms with Gasteiger partial charge in [-0.2, -0.15) is 0 Å². The van der Waals surface area contributed by atoms with Gasteiger partial charge in [-0.05, 0) is 67.1 Å². The zero-order valence-corrected chi connectivity index (χ0v) is 19.7. The molecular formula is C25H26Cl2FN3O. The molecule has 0 radical (unpaired) electrons. The highest BCUT2D eigenvalue weighted by Crippen LogP contribution is 2.32. The molecule has 2 heterocycles. The number of anilines is 1. The summed E-state index contributed by atoms with van der Waals surface area (Å²) < 4.78 is 13.2. The molecule has 1 amide bonds. The summed E-state index contributed by atoms with van der Waals surface area (Å²) in [5.74, 6) is 0.0619. The van der Waals surface area contributed by atoms with E-state index in [4.69, 9.17) is 23.2 Å². The molecule has 4 nitrogen and oxygen atoms in total. The van der Waals surface area contributed by atoms with E-state index >= 15 is 0 Å². The number of likely N-dealkylation sites (N-methyl/N-ethyl adjacent to an activating group) is 1. The summed E-state index contributed by atoms with van der Waals surface area (Å²) in [5.41, 5.74) is 4.15. The number of rotatable bonds is 4. The fourth-order valence-corrected chi connectivity index (χ4v) is 4.86. The zero-order valence-electron chi connectivity index (χ0n) is 18.2. The van der Waals surface area contributed by atoms with Gasteiger partial charge < -0.3 is 15.1 Å². The van der Waals surface area contributed by atoms with Gasteiger partial charge in [0.25, 0.3) is 5.91 Å². The number of hydrogen-bond acceptors (Lipinski definition) is 3. The van der Waals surface area contributed by atoms with Crippen molar-refractivity contribution in [2.75, 3.05) is 32.0 Å². The monoisotopic (exact) mass is 473 g/mol. The summed E-state index contributed by atoms with van der Waals surface area (Å²) in [6.07, 6.45) is 3.54. The number of carbonyl (C=O) groups is 1. The van der Waals surface area contributed by atoms with E-state index in [-0.39, 0.29) is 11.7 Å². The van der Waals surface area contributed by atoms with E-state index in [0.29, 0.717) is 46.9 Å². The Labute approximate surface area is 198 Å². The Hall–Kier alpha value is -2.50. The van der Waals surface area contributed by atoms with Crippen LogP contribution in [0.5, 0.6) is 0 Å². The lowest BCUT2D eigenvalue weighted by Crippen LogP contribution is -2.41. The molecule has 2 aliphatic heterocycles. The van der Waals surface area contributed by atoms with Crippen molar-refractivity contribution < 1.29 is 9.18 Å². The second-order valence-corrected chi connectivity index (χ2v) is 9.33. The minimum Gasteiger partial charge on any atom is -0.374 e. The van der Waals surface area contributed by atoms with Crippen molar-refractivity contribution in [1.29, 1.82) is 0 Å². The van der Waals surface area contributed by atoms with Crippen LogP contribution in [-0.4, -0.2) is 42.4 Å². The second kappa shape index (κ2) is 9.55. The van der Waals surface area contributed by atoms with E-state index in [1.807, 2.05) is 60.3 Å². The van der Waals surface area contributed by atoms with Crippen molar-refractivity contribution in [2.45, 2.75) is 25.7 Å². The molecule has 1 N–H and O–H groups in total. The van der Waals surface area contributed by atoms with Crippen LogP contribution in [0.4, 0.5) is 10.1 Å². The van der Waals surface area contributed by atoms with Crippen LogP contribution < -0.4 is 5.32 Å². The van der Waals surface area contributed by atoms with E-state index < -0.39 is 0 Å². The van der Waals surface area contributed by atoms with Crippen LogP contribution >= 0.6 is 23.2 Å². The van der Waals surface area contributed by atoms with Crippen molar-refractivity contribution in [3.63, 3.8) is 0 Å². The predicted octanol–water partition coefficient (Wildman–Crippen LogP) is 5.89. The fraction of sp³-hybridized carbons (Fsp3) is 0.320. The van der Waals surface area contributed by atoms with Crippen LogP contribution in [0.15, 0.2) is 65.0 Å². The maximum Gasteiger partial charge on any atom is 0.257 e. The standard InChI is InChI=1S/C25H26Cl2FN3O/c1-16-13-19(26)5-8-23(16)29-24-21(14-30(2)15-22(24)27)25(32)31-11-9-18(10-12-31)17-3-6-20(28)7-4-17/h3-8,13-14,18,29H,9-12,15H2,1-2H3. The molecule has 0 bridgehead atoms. The number of hydrogen-bond donors (Lipinski definition) is 1. The lowest BCUT2D eigenvalue weighted by atomic mass is 9.89. The Morgan fingerprint density at radius 1 is 1.09 bits per heavy atom. The Morgan fingerprint density at radius 2 is 1.78 bits per heavy atom. The molecule has 7 heteroatoms. The number of halogens is 3. The molecule has 0 saturated carbocycles. The lowest BCUT2D eigenvalue weighted by Gasteiger charge is -2.35. The van der Waals surface area contributed by atoms with Gasteiger partial charge in [-0.3, -0.25) is 4.79 Å². The summed E-state index contributed by atoms with van der Waals surface area (Å²) in [6.45, 7) is 3.78. The van der Waals surface area contributed by atoms with E-state index in [0.717, 1.165) is 29.7 Å². The highest BCUT2D eigenvalue weighted by molar-refractivity contribution is 6.31. The van der Waals surface area contributed by atoms with Gasteiger partial charge in [0.2, 0.25) is 0 Å². The molecule has 0 aromatic heterocycles. The smallest absolute Gasteiger partial charge is 0.257 e. The minimum atomic E-state index is -0.227. The SMILES string of the molecule is Cc1cc(Cl)ccc1NC1=C(Cl)CN(C)C=C1C(=O)N1CCC(c2ccc(F)cc2)CC1. The van der Waals surface area contributed by atoms with E-state index in [1.54, 1.807) is 0 Å². The number of benzene rings is 2. The van der Waals surface area contributed by atoms with Crippen LogP contribution in [-0.2, 0) is 4.79 Å². The summed E-state index contributed by atoms with van der Waals surface area (Å²) in [5, 5.41) is 4.62. The Bertz CT molecular complexity index is 1070. The van der Waals surface area contributed by atoms with Gasteiger partial charge in [-0.1, -0.05) is 35.3 Å². The first-order valence-electron chi connectivity index (χ1n) is 10.7. The Kier molecular flexibility index (Phi) is 6.77. The fourth-order valence-electron chi connectivity index (χ4n) is 4.30. The lowest BCUT2D eigenvalue weighted by molar-refractivity contribution is -0.128.